The molecule has 1 aliphatic carbocycles. The minimum absolute atomic E-state index is 0.185. The third-order valence-corrected chi connectivity index (χ3v) is 6.35. The van der Waals surface area contributed by atoms with Crippen LogP contribution in [-0.4, -0.2) is 57.7 Å². The number of aliphatic hydroxyl groups is 1. The Morgan fingerprint density at radius 3 is 2.76 bits per heavy atom. The maximum Gasteiger partial charge on any atom is 0.230 e. The molecule has 136 valence electrons. The molecule has 25 heavy (non-hydrogen) atoms. The van der Waals surface area contributed by atoms with Crippen molar-refractivity contribution in [1.29, 1.82) is 0 Å². The summed E-state index contributed by atoms with van der Waals surface area (Å²) < 4.78 is 0. The fourth-order valence-electron chi connectivity index (χ4n) is 4.77. The first-order valence-electron chi connectivity index (χ1n) is 9.30. The molecule has 6 nitrogen and oxygen atoms in total. The van der Waals surface area contributed by atoms with E-state index < -0.39 is 0 Å². The molecule has 1 unspecified atom stereocenters. The lowest BCUT2D eigenvalue weighted by molar-refractivity contribution is -0.139. The summed E-state index contributed by atoms with van der Waals surface area (Å²) in [7, 11) is 0. The van der Waals surface area contributed by atoms with E-state index in [0.29, 0.717) is 18.5 Å². The summed E-state index contributed by atoms with van der Waals surface area (Å²) in [5.74, 6) is 1.12. The number of aromatic nitrogens is 2. The Labute approximate surface area is 153 Å². The number of halogens is 1. The molecule has 0 aromatic carbocycles. The van der Waals surface area contributed by atoms with Crippen LogP contribution >= 0.6 is 11.6 Å². The van der Waals surface area contributed by atoms with Crippen molar-refractivity contribution in [3.63, 3.8) is 0 Å². The number of hydrogen-bond acceptors (Lipinski definition) is 5. The summed E-state index contributed by atoms with van der Waals surface area (Å²) in [4.78, 5) is 25.8. The van der Waals surface area contributed by atoms with Gasteiger partial charge in [0.2, 0.25) is 11.2 Å². The van der Waals surface area contributed by atoms with Crippen molar-refractivity contribution in [3.8, 4) is 0 Å². The second-order valence-corrected chi connectivity index (χ2v) is 8.04. The lowest BCUT2D eigenvalue weighted by Gasteiger charge is -2.40. The van der Waals surface area contributed by atoms with Crippen LogP contribution in [0.3, 0.4) is 0 Å². The first-order chi connectivity index (χ1) is 12.1. The highest BCUT2D eigenvalue weighted by molar-refractivity contribution is 6.28. The summed E-state index contributed by atoms with van der Waals surface area (Å²) in [6, 6.07) is 2.17. The molecule has 0 bridgehead atoms. The summed E-state index contributed by atoms with van der Waals surface area (Å²) >= 11 is 5.94. The minimum atomic E-state index is -0.286. The predicted molar refractivity (Wildman–Crippen MR) is 95.5 cm³/mol. The van der Waals surface area contributed by atoms with Gasteiger partial charge in [-0.2, -0.15) is 0 Å². The highest BCUT2D eigenvalue weighted by Gasteiger charge is 2.50. The highest BCUT2D eigenvalue weighted by Crippen LogP contribution is 2.43. The minimum Gasteiger partial charge on any atom is -0.393 e. The average molecular weight is 365 g/mol. The molecule has 1 N–H and O–H groups in total. The molecule has 1 saturated carbocycles. The number of carbonyl (C=O) groups is 1. The average Bonchev–Trinajstić information content (AvgIpc) is 2.92. The van der Waals surface area contributed by atoms with E-state index in [2.05, 4.69) is 19.8 Å². The smallest absolute Gasteiger partial charge is 0.230 e. The first kappa shape index (κ1) is 17.0. The Morgan fingerprint density at radius 1 is 1.20 bits per heavy atom. The van der Waals surface area contributed by atoms with Gasteiger partial charge in [-0.05, 0) is 62.6 Å². The van der Waals surface area contributed by atoms with Crippen LogP contribution in [0.4, 0.5) is 5.82 Å². The Balaban J connectivity index is 1.49. The van der Waals surface area contributed by atoms with Crippen LogP contribution < -0.4 is 4.90 Å². The number of hydrogen-bond donors (Lipinski definition) is 1. The molecule has 4 rings (SSSR count). The Hall–Kier alpha value is -1.40. The monoisotopic (exact) mass is 364 g/mol. The maximum absolute atomic E-state index is 13.3. The molecule has 0 radical (unpaired) electrons. The Bertz CT molecular complexity index is 650. The zero-order chi connectivity index (χ0) is 17.4. The lowest BCUT2D eigenvalue weighted by atomic mass is 9.78. The van der Waals surface area contributed by atoms with E-state index >= 15 is 0 Å². The van der Waals surface area contributed by atoms with E-state index in [1.54, 1.807) is 6.20 Å². The fourth-order valence-corrected chi connectivity index (χ4v) is 4.92. The molecule has 1 spiro atoms. The molecule has 2 saturated heterocycles. The predicted octanol–water partition coefficient (Wildman–Crippen LogP) is 2.25. The van der Waals surface area contributed by atoms with Gasteiger partial charge in [0.1, 0.15) is 5.82 Å². The quantitative estimate of drug-likeness (QED) is 0.815. The van der Waals surface area contributed by atoms with Gasteiger partial charge in [0, 0.05) is 31.9 Å². The van der Waals surface area contributed by atoms with Gasteiger partial charge in [-0.3, -0.25) is 4.79 Å². The van der Waals surface area contributed by atoms with E-state index in [0.717, 1.165) is 63.9 Å². The molecule has 3 fully saturated rings. The number of carbonyl (C=O) groups excluding carboxylic acids is 1. The molecule has 2 aliphatic heterocycles. The highest BCUT2D eigenvalue weighted by atomic mass is 35.5. The standard InChI is InChI=1S/C18H25ClN4O2/c19-17-20-9-6-15(21-17)22-10-1-7-18(12-22)8-11-23(16(18)25)13-2-4-14(24)5-3-13/h6,9,13-14,24H,1-5,7-8,10-12H2. The van der Waals surface area contributed by atoms with E-state index in [4.69, 9.17) is 11.6 Å². The first-order valence-corrected chi connectivity index (χ1v) is 9.68. The SMILES string of the molecule is O=C1N(C2CCC(O)CC2)CCC12CCCN(c1ccnc(Cl)n1)C2. The Kier molecular flexibility index (Phi) is 4.58. The van der Waals surface area contributed by atoms with Crippen LogP contribution in [0.2, 0.25) is 5.28 Å². The van der Waals surface area contributed by atoms with Crippen LogP contribution in [0.1, 0.15) is 44.9 Å². The second-order valence-electron chi connectivity index (χ2n) is 7.70. The third kappa shape index (κ3) is 3.22. The van der Waals surface area contributed by atoms with Crippen molar-refractivity contribution in [2.45, 2.75) is 57.1 Å². The number of anilines is 1. The van der Waals surface area contributed by atoms with Crippen molar-refractivity contribution in [3.05, 3.63) is 17.5 Å². The topological polar surface area (TPSA) is 69.6 Å². The molecule has 3 aliphatic rings. The molecular weight excluding hydrogens is 340 g/mol. The van der Waals surface area contributed by atoms with Crippen molar-refractivity contribution < 1.29 is 9.90 Å². The van der Waals surface area contributed by atoms with Gasteiger partial charge < -0.3 is 14.9 Å². The van der Waals surface area contributed by atoms with Gasteiger partial charge in [0.25, 0.3) is 0 Å². The molecular formula is C18H25ClN4O2. The molecule has 3 heterocycles. The maximum atomic E-state index is 13.3. The lowest BCUT2D eigenvalue weighted by Crippen LogP contribution is -2.50. The number of amides is 1. The summed E-state index contributed by atoms with van der Waals surface area (Å²) in [5, 5.41) is 9.98. The van der Waals surface area contributed by atoms with Crippen LogP contribution in [0.25, 0.3) is 0 Å². The molecule has 1 aromatic rings. The Morgan fingerprint density at radius 2 is 2.00 bits per heavy atom. The van der Waals surface area contributed by atoms with Gasteiger partial charge in [-0.1, -0.05) is 0 Å². The third-order valence-electron chi connectivity index (χ3n) is 6.17. The fraction of sp³-hybridized carbons (Fsp3) is 0.722. The van der Waals surface area contributed by atoms with Crippen LogP contribution in [0, 0.1) is 5.41 Å². The summed E-state index contributed by atoms with van der Waals surface area (Å²) in [5.41, 5.74) is -0.286. The van der Waals surface area contributed by atoms with E-state index in [1.165, 1.54) is 0 Å². The van der Waals surface area contributed by atoms with Crippen molar-refractivity contribution in [2.75, 3.05) is 24.5 Å². The van der Waals surface area contributed by atoms with Crippen molar-refractivity contribution >= 4 is 23.3 Å². The molecule has 1 aromatic heterocycles. The molecule has 1 amide bonds. The van der Waals surface area contributed by atoms with E-state index in [9.17, 15) is 9.90 Å². The second kappa shape index (κ2) is 6.72. The normalized spacial score (nSPS) is 33.3. The van der Waals surface area contributed by atoms with Gasteiger partial charge in [0.05, 0.1) is 11.5 Å². The van der Waals surface area contributed by atoms with E-state index in [-0.39, 0.29) is 16.8 Å². The molecule has 1 atom stereocenters. The van der Waals surface area contributed by atoms with Gasteiger partial charge in [0.15, 0.2) is 0 Å². The van der Waals surface area contributed by atoms with Crippen LogP contribution in [0.15, 0.2) is 12.3 Å². The zero-order valence-corrected chi connectivity index (χ0v) is 15.2. The molecule has 7 heteroatoms. The van der Waals surface area contributed by atoms with Crippen LogP contribution in [0.5, 0.6) is 0 Å². The van der Waals surface area contributed by atoms with Gasteiger partial charge >= 0.3 is 0 Å². The number of nitrogens with zero attached hydrogens (tertiary/aromatic N) is 4. The van der Waals surface area contributed by atoms with Crippen LogP contribution in [-0.2, 0) is 4.79 Å². The summed E-state index contributed by atoms with van der Waals surface area (Å²) in [6.07, 6.45) is 7.82. The zero-order valence-electron chi connectivity index (χ0n) is 14.4. The van der Waals surface area contributed by atoms with Gasteiger partial charge in [-0.25, -0.2) is 9.97 Å². The van der Waals surface area contributed by atoms with E-state index in [1.807, 2.05) is 6.07 Å². The number of aliphatic hydroxyl groups excluding tert-OH is 1. The van der Waals surface area contributed by atoms with Crippen molar-refractivity contribution in [1.82, 2.24) is 14.9 Å². The number of piperidine rings is 1. The summed E-state index contributed by atoms with van der Waals surface area (Å²) in [6.45, 7) is 2.46. The van der Waals surface area contributed by atoms with Crippen molar-refractivity contribution in [2.24, 2.45) is 5.41 Å². The van der Waals surface area contributed by atoms with Gasteiger partial charge in [-0.15, -0.1) is 0 Å². The number of likely N-dealkylation sites (tertiary alicyclic amines) is 1. The number of rotatable bonds is 2. The largest absolute Gasteiger partial charge is 0.393 e.